The van der Waals surface area contributed by atoms with Crippen molar-refractivity contribution in [2.45, 2.75) is 64.8 Å². The molecule has 170 valence electrons. The molecule has 1 heterocycles. The zero-order chi connectivity index (χ0) is 23.4. The third kappa shape index (κ3) is 4.71. The predicted molar refractivity (Wildman–Crippen MR) is 132 cm³/mol. The summed E-state index contributed by atoms with van der Waals surface area (Å²) < 4.78 is 5.41. The summed E-state index contributed by atoms with van der Waals surface area (Å²) in [5, 5.41) is 4.13. The molecule has 4 rings (SSSR count). The van der Waals surface area contributed by atoms with Crippen LogP contribution in [-0.4, -0.2) is 18.0 Å². The highest BCUT2D eigenvalue weighted by molar-refractivity contribution is 5.76. The van der Waals surface area contributed by atoms with E-state index in [1.54, 1.807) is 0 Å². The van der Waals surface area contributed by atoms with Crippen molar-refractivity contribution >= 4 is 17.7 Å². The molecule has 1 aromatic heterocycles. The molecule has 0 amide bonds. The summed E-state index contributed by atoms with van der Waals surface area (Å²) in [6, 6.07) is 15.0. The van der Waals surface area contributed by atoms with E-state index in [9.17, 15) is 4.79 Å². The van der Waals surface area contributed by atoms with Gasteiger partial charge < -0.3 is 19.1 Å². The first kappa shape index (κ1) is 22.8. The van der Waals surface area contributed by atoms with E-state index >= 15 is 0 Å². The topological polar surface area (TPSA) is 50.7 Å². The lowest BCUT2D eigenvalue weighted by molar-refractivity contribution is -0.107. The van der Waals surface area contributed by atoms with Gasteiger partial charge in [0.05, 0.1) is 5.69 Å². The fourth-order valence-corrected chi connectivity index (χ4v) is 4.55. The molecule has 5 heteroatoms. The third-order valence-electron chi connectivity index (χ3n) is 6.68. The van der Waals surface area contributed by atoms with Gasteiger partial charge in [-0.1, -0.05) is 23.7 Å². The highest BCUT2D eigenvalue weighted by atomic mass is 16.5. The minimum Gasteiger partial charge on any atom is -0.361 e. The maximum atomic E-state index is 10.7. The van der Waals surface area contributed by atoms with Gasteiger partial charge in [-0.2, -0.15) is 0 Å². The molecule has 0 N–H and O–H groups in total. The van der Waals surface area contributed by atoms with Gasteiger partial charge in [0, 0.05) is 48.3 Å². The Hall–Kier alpha value is -3.39. The number of benzene rings is 2. The highest BCUT2D eigenvalue weighted by Gasteiger charge is 2.52. The van der Waals surface area contributed by atoms with Crippen LogP contribution in [0.25, 0.3) is 16.0 Å². The molecule has 1 aliphatic carbocycles. The molecule has 0 atom stereocenters. The van der Waals surface area contributed by atoms with Crippen LogP contribution in [-0.2, 0) is 10.3 Å². The molecule has 0 spiro atoms. The fraction of sp³-hybridized carbons (Fsp3) is 0.393. The lowest BCUT2D eigenvalue weighted by Crippen LogP contribution is -2.20. The van der Waals surface area contributed by atoms with Crippen LogP contribution < -0.4 is 4.90 Å². The number of hydrogen-bond acceptors (Lipinski definition) is 4. The molecule has 0 bridgehead atoms. The van der Waals surface area contributed by atoms with Crippen LogP contribution in [0.3, 0.4) is 0 Å². The van der Waals surface area contributed by atoms with Crippen molar-refractivity contribution in [3.8, 4) is 11.1 Å². The lowest BCUT2D eigenvalue weighted by Gasteiger charge is -2.28. The monoisotopic (exact) mass is 441 g/mol. The number of rotatable bonds is 10. The van der Waals surface area contributed by atoms with E-state index in [-0.39, 0.29) is 5.54 Å². The molecule has 33 heavy (non-hydrogen) atoms. The number of hydrogen-bond donors (Lipinski definition) is 0. The number of unbranched alkanes of at least 4 members (excludes halogenated alkanes) is 3. The molecule has 0 aliphatic heterocycles. The first-order chi connectivity index (χ1) is 16.0. The van der Waals surface area contributed by atoms with Crippen LogP contribution in [0.4, 0.5) is 11.4 Å². The van der Waals surface area contributed by atoms with Crippen molar-refractivity contribution in [2.24, 2.45) is 0 Å². The third-order valence-corrected chi connectivity index (χ3v) is 6.68. The molecule has 5 nitrogen and oxygen atoms in total. The summed E-state index contributed by atoms with van der Waals surface area (Å²) in [4.78, 5) is 16.9. The molecule has 0 unspecified atom stereocenters. The Labute approximate surface area is 196 Å². The van der Waals surface area contributed by atoms with Crippen molar-refractivity contribution in [3.05, 3.63) is 76.5 Å². The van der Waals surface area contributed by atoms with Gasteiger partial charge in [-0.15, -0.1) is 0 Å². The van der Waals surface area contributed by atoms with Gasteiger partial charge in [0.1, 0.15) is 12.0 Å². The number of aromatic nitrogens is 1. The average molecular weight is 442 g/mol. The van der Waals surface area contributed by atoms with Crippen molar-refractivity contribution in [1.82, 2.24) is 5.16 Å². The van der Waals surface area contributed by atoms with Gasteiger partial charge in [-0.25, -0.2) is 6.57 Å². The molecular weight excluding hydrogens is 410 g/mol. The normalized spacial score (nSPS) is 14.0. The molecule has 1 fully saturated rings. The van der Waals surface area contributed by atoms with Gasteiger partial charge >= 0.3 is 0 Å². The second-order valence-corrected chi connectivity index (χ2v) is 9.06. The van der Waals surface area contributed by atoms with Crippen LogP contribution in [0.15, 0.2) is 47.0 Å². The Morgan fingerprint density at radius 3 is 2.45 bits per heavy atom. The smallest absolute Gasteiger partial charge is 0.258 e. The first-order valence-corrected chi connectivity index (χ1v) is 11.7. The highest BCUT2D eigenvalue weighted by Crippen LogP contribution is 2.50. The Bertz CT molecular complexity index is 1150. The van der Waals surface area contributed by atoms with Gasteiger partial charge in [0.25, 0.3) is 5.54 Å². The molecule has 0 saturated heterocycles. The fourth-order valence-electron chi connectivity index (χ4n) is 4.55. The summed E-state index contributed by atoms with van der Waals surface area (Å²) in [5.74, 6) is 0.820. The van der Waals surface area contributed by atoms with E-state index in [2.05, 4.69) is 64.3 Å². The average Bonchev–Trinajstić information content (AvgIpc) is 3.56. The van der Waals surface area contributed by atoms with Crippen molar-refractivity contribution in [2.75, 3.05) is 11.4 Å². The Morgan fingerprint density at radius 2 is 1.85 bits per heavy atom. The van der Waals surface area contributed by atoms with Crippen LogP contribution >= 0.6 is 0 Å². The molecule has 0 radical (unpaired) electrons. The SMILES string of the molecule is [C-]#[N+]C1(c2ccc(N(CCCCCC=O)c3cc(-c4c(C)noc4C)ccc3C)cc2)CC1. The van der Waals surface area contributed by atoms with Crippen molar-refractivity contribution < 1.29 is 9.32 Å². The van der Waals surface area contributed by atoms with E-state index in [1.807, 2.05) is 13.8 Å². The van der Waals surface area contributed by atoms with Gasteiger partial charge in [-0.05, 0) is 75.1 Å². The number of nitrogens with zero attached hydrogens (tertiary/aromatic N) is 3. The number of carbonyl (C=O) groups excluding carboxylic acids is 1. The number of anilines is 2. The van der Waals surface area contributed by atoms with E-state index in [1.165, 1.54) is 5.56 Å². The minimum atomic E-state index is -0.294. The van der Waals surface area contributed by atoms with Crippen LogP contribution in [0.1, 0.15) is 61.1 Å². The summed E-state index contributed by atoms with van der Waals surface area (Å²) >= 11 is 0. The molecule has 3 aromatic rings. The first-order valence-electron chi connectivity index (χ1n) is 11.7. The summed E-state index contributed by atoms with van der Waals surface area (Å²) in [6.07, 6.45) is 6.45. The van der Waals surface area contributed by atoms with Crippen LogP contribution in [0, 0.1) is 27.3 Å². The predicted octanol–water partition coefficient (Wildman–Crippen LogP) is 7.07. The van der Waals surface area contributed by atoms with Gasteiger partial charge in [0.2, 0.25) is 0 Å². The van der Waals surface area contributed by atoms with E-state index in [0.29, 0.717) is 6.42 Å². The summed E-state index contributed by atoms with van der Waals surface area (Å²) in [7, 11) is 0. The zero-order valence-corrected chi connectivity index (χ0v) is 19.7. The second-order valence-electron chi connectivity index (χ2n) is 9.06. The largest absolute Gasteiger partial charge is 0.361 e. The van der Waals surface area contributed by atoms with E-state index < -0.39 is 0 Å². The van der Waals surface area contributed by atoms with E-state index in [4.69, 9.17) is 11.1 Å². The molecular formula is C28H31N3O2. The summed E-state index contributed by atoms with van der Waals surface area (Å²) in [6.45, 7) is 14.5. The Balaban J connectivity index is 1.68. The van der Waals surface area contributed by atoms with Gasteiger partial charge in [-0.3, -0.25) is 0 Å². The zero-order valence-electron chi connectivity index (χ0n) is 19.7. The summed E-state index contributed by atoms with van der Waals surface area (Å²) in [5.41, 5.74) is 7.33. The number of aryl methyl sites for hydroxylation is 3. The number of carbonyl (C=O) groups is 1. The quantitative estimate of drug-likeness (QED) is 0.192. The molecule has 1 aliphatic rings. The molecule has 1 saturated carbocycles. The van der Waals surface area contributed by atoms with Crippen LogP contribution in [0.2, 0.25) is 0 Å². The molecule has 2 aromatic carbocycles. The lowest BCUT2D eigenvalue weighted by atomic mass is 10.00. The number of aldehydes is 1. The second kappa shape index (κ2) is 9.62. The van der Waals surface area contributed by atoms with Crippen LogP contribution in [0.5, 0.6) is 0 Å². The van der Waals surface area contributed by atoms with Crippen molar-refractivity contribution in [1.29, 1.82) is 0 Å². The van der Waals surface area contributed by atoms with Crippen molar-refractivity contribution in [3.63, 3.8) is 0 Å². The Kier molecular flexibility index (Phi) is 6.65. The minimum absolute atomic E-state index is 0.294. The van der Waals surface area contributed by atoms with Gasteiger partial charge in [0.15, 0.2) is 0 Å². The standard InChI is InChI=1S/C28H31N3O2/c1-20-9-10-23(27-21(2)30-33-22(27)3)19-26(20)31(17-7-5-6-8-18-32)25-13-11-24(12-14-25)28(29-4)15-16-28/h9-14,18-19H,5-8,15-17H2,1-3H3. The Morgan fingerprint density at radius 1 is 1.09 bits per heavy atom. The van der Waals surface area contributed by atoms with E-state index in [0.717, 1.165) is 84.5 Å². The maximum absolute atomic E-state index is 10.7. The maximum Gasteiger partial charge on any atom is 0.258 e.